The Morgan fingerprint density at radius 1 is 0.893 bits per heavy atom. The standard InChI is InChI=1S/C22H18FNO3S/c23-18-11-5-4-8-16(18)14-22(26)27-15-21(25)24-19-12-6-7-13-20(19)28-17-9-2-1-3-10-17/h1-13H,14-15H2,(H,24,25). The van der Waals surface area contributed by atoms with E-state index in [2.05, 4.69) is 5.32 Å². The predicted octanol–water partition coefficient (Wildman–Crippen LogP) is 4.70. The molecule has 28 heavy (non-hydrogen) atoms. The minimum atomic E-state index is -0.660. The van der Waals surface area contributed by atoms with E-state index in [1.807, 2.05) is 48.5 Å². The van der Waals surface area contributed by atoms with Gasteiger partial charge >= 0.3 is 5.97 Å². The molecule has 0 unspecified atom stereocenters. The average molecular weight is 395 g/mol. The van der Waals surface area contributed by atoms with Crippen molar-refractivity contribution < 1.29 is 18.7 Å². The fourth-order valence-corrected chi connectivity index (χ4v) is 3.38. The Kier molecular flexibility index (Phi) is 6.81. The van der Waals surface area contributed by atoms with Crippen LogP contribution in [-0.2, 0) is 20.7 Å². The van der Waals surface area contributed by atoms with Gasteiger partial charge in [0.25, 0.3) is 5.91 Å². The largest absolute Gasteiger partial charge is 0.455 e. The Hall–Kier alpha value is -3.12. The molecule has 0 aliphatic carbocycles. The van der Waals surface area contributed by atoms with Crippen molar-refractivity contribution in [1.82, 2.24) is 0 Å². The first-order chi connectivity index (χ1) is 13.6. The monoisotopic (exact) mass is 395 g/mol. The van der Waals surface area contributed by atoms with Crippen molar-refractivity contribution in [2.75, 3.05) is 11.9 Å². The van der Waals surface area contributed by atoms with Crippen LogP contribution < -0.4 is 5.32 Å². The number of benzene rings is 3. The molecule has 0 fully saturated rings. The fraction of sp³-hybridized carbons (Fsp3) is 0.0909. The van der Waals surface area contributed by atoms with E-state index >= 15 is 0 Å². The van der Waals surface area contributed by atoms with Crippen molar-refractivity contribution in [1.29, 1.82) is 0 Å². The summed E-state index contributed by atoms with van der Waals surface area (Å²) in [6.07, 6.45) is -0.222. The number of rotatable bonds is 7. The topological polar surface area (TPSA) is 55.4 Å². The summed E-state index contributed by atoms with van der Waals surface area (Å²) in [6.45, 7) is -0.433. The van der Waals surface area contributed by atoms with Crippen LogP contribution in [0.3, 0.4) is 0 Å². The van der Waals surface area contributed by atoms with Crippen LogP contribution in [-0.4, -0.2) is 18.5 Å². The number of nitrogens with one attached hydrogen (secondary N) is 1. The van der Waals surface area contributed by atoms with Gasteiger partial charge in [-0.15, -0.1) is 0 Å². The Morgan fingerprint density at radius 3 is 2.36 bits per heavy atom. The summed E-state index contributed by atoms with van der Waals surface area (Å²) in [6, 6.07) is 23.1. The number of anilines is 1. The molecule has 1 N–H and O–H groups in total. The Morgan fingerprint density at radius 2 is 1.57 bits per heavy atom. The molecule has 3 rings (SSSR count). The van der Waals surface area contributed by atoms with Crippen LogP contribution in [0, 0.1) is 5.82 Å². The van der Waals surface area contributed by atoms with Crippen molar-refractivity contribution in [3.8, 4) is 0 Å². The maximum atomic E-state index is 13.6. The van der Waals surface area contributed by atoms with Gasteiger partial charge in [-0.1, -0.05) is 60.3 Å². The number of hydrogen-bond acceptors (Lipinski definition) is 4. The number of ether oxygens (including phenoxy) is 1. The zero-order chi connectivity index (χ0) is 19.8. The normalized spacial score (nSPS) is 10.3. The summed E-state index contributed by atoms with van der Waals surface area (Å²) in [5.41, 5.74) is 0.865. The molecule has 0 atom stereocenters. The van der Waals surface area contributed by atoms with Crippen molar-refractivity contribution in [3.05, 3.63) is 90.2 Å². The summed E-state index contributed by atoms with van der Waals surface area (Å²) < 4.78 is 18.5. The zero-order valence-corrected chi connectivity index (χ0v) is 15.7. The van der Waals surface area contributed by atoms with Crippen molar-refractivity contribution >= 4 is 29.3 Å². The quantitative estimate of drug-likeness (QED) is 0.589. The number of esters is 1. The van der Waals surface area contributed by atoms with Crippen LogP contribution in [0.5, 0.6) is 0 Å². The van der Waals surface area contributed by atoms with Gasteiger partial charge in [-0.25, -0.2) is 4.39 Å². The van der Waals surface area contributed by atoms with Gasteiger partial charge in [-0.3, -0.25) is 9.59 Å². The second-order valence-electron chi connectivity index (χ2n) is 5.89. The van der Waals surface area contributed by atoms with Crippen LogP contribution in [0.25, 0.3) is 0 Å². The van der Waals surface area contributed by atoms with Crippen molar-refractivity contribution in [3.63, 3.8) is 0 Å². The number of para-hydroxylation sites is 1. The van der Waals surface area contributed by atoms with Crippen molar-refractivity contribution in [2.45, 2.75) is 16.2 Å². The number of amides is 1. The lowest BCUT2D eigenvalue weighted by molar-refractivity contribution is -0.146. The third kappa shape index (κ3) is 5.69. The van der Waals surface area contributed by atoms with Gasteiger partial charge < -0.3 is 10.1 Å². The molecule has 0 saturated carbocycles. The molecule has 6 heteroatoms. The minimum absolute atomic E-state index is 0.222. The molecule has 1 amide bonds. The predicted molar refractivity (Wildman–Crippen MR) is 107 cm³/mol. The first kappa shape index (κ1) is 19.6. The van der Waals surface area contributed by atoms with E-state index in [-0.39, 0.29) is 12.0 Å². The first-order valence-electron chi connectivity index (χ1n) is 8.62. The van der Waals surface area contributed by atoms with E-state index in [9.17, 15) is 14.0 Å². The average Bonchev–Trinajstić information content (AvgIpc) is 2.70. The van der Waals surface area contributed by atoms with E-state index in [0.717, 1.165) is 9.79 Å². The molecule has 0 saturated heterocycles. The second-order valence-corrected chi connectivity index (χ2v) is 7.00. The lowest BCUT2D eigenvalue weighted by Gasteiger charge is -2.11. The number of carbonyl (C=O) groups is 2. The fourth-order valence-electron chi connectivity index (χ4n) is 2.46. The molecule has 142 valence electrons. The maximum absolute atomic E-state index is 13.6. The molecule has 3 aromatic rings. The third-order valence-electron chi connectivity index (χ3n) is 3.79. The van der Waals surface area contributed by atoms with Crippen LogP contribution in [0.4, 0.5) is 10.1 Å². The summed E-state index contributed by atoms with van der Waals surface area (Å²) >= 11 is 1.52. The van der Waals surface area contributed by atoms with E-state index in [1.165, 1.54) is 23.9 Å². The molecule has 3 aromatic carbocycles. The van der Waals surface area contributed by atoms with Crippen LogP contribution >= 0.6 is 11.8 Å². The molecule has 4 nitrogen and oxygen atoms in total. The van der Waals surface area contributed by atoms with Crippen LogP contribution in [0.15, 0.2) is 88.7 Å². The highest BCUT2D eigenvalue weighted by molar-refractivity contribution is 7.99. The molecule has 0 bridgehead atoms. The van der Waals surface area contributed by atoms with E-state index < -0.39 is 24.3 Å². The molecular weight excluding hydrogens is 377 g/mol. The van der Waals surface area contributed by atoms with Gasteiger partial charge in [0.2, 0.25) is 0 Å². The Labute approximate surface area is 166 Å². The summed E-state index contributed by atoms with van der Waals surface area (Å²) in [5, 5.41) is 2.75. The molecule has 0 aliphatic rings. The number of hydrogen-bond donors (Lipinski definition) is 1. The lowest BCUT2D eigenvalue weighted by Crippen LogP contribution is -2.22. The Balaban J connectivity index is 1.55. The molecule has 0 spiro atoms. The summed E-state index contributed by atoms with van der Waals surface area (Å²) in [4.78, 5) is 25.9. The number of halogens is 1. The van der Waals surface area contributed by atoms with Gasteiger partial charge in [0.05, 0.1) is 12.1 Å². The molecule has 0 heterocycles. The molecular formula is C22H18FNO3S. The zero-order valence-electron chi connectivity index (χ0n) is 14.9. The maximum Gasteiger partial charge on any atom is 0.310 e. The molecule has 0 radical (unpaired) electrons. The van der Waals surface area contributed by atoms with Crippen molar-refractivity contribution in [2.24, 2.45) is 0 Å². The van der Waals surface area contributed by atoms with E-state index in [4.69, 9.17) is 4.74 Å². The van der Waals surface area contributed by atoms with Gasteiger partial charge in [-0.2, -0.15) is 0 Å². The lowest BCUT2D eigenvalue weighted by atomic mass is 10.1. The Bertz CT molecular complexity index is 963. The highest BCUT2D eigenvalue weighted by Crippen LogP contribution is 2.33. The third-order valence-corrected chi connectivity index (χ3v) is 4.87. The molecule has 0 aromatic heterocycles. The van der Waals surface area contributed by atoms with Gasteiger partial charge in [0, 0.05) is 9.79 Å². The first-order valence-corrected chi connectivity index (χ1v) is 9.44. The minimum Gasteiger partial charge on any atom is -0.455 e. The SMILES string of the molecule is O=C(COC(=O)Cc1ccccc1F)Nc1ccccc1Sc1ccccc1. The summed E-state index contributed by atoms with van der Waals surface area (Å²) in [5.74, 6) is -1.59. The molecule has 0 aliphatic heterocycles. The summed E-state index contributed by atoms with van der Waals surface area (Å²) in [7, 11) is 0. The highest BCUT2D eigenvalue weighted by atomic mass is 32.2. The van der Waals surface area contributed by atoms with Gasteiger partial charge in [0.1, 0.15) is 5.82 Å². The number of carbonyl (C=O) groups excluding carboxylic acids is 2. The highest BCUT2D eigenvalue weighted by Gasteiger charge is 2.13. The van der Waals surface area contributed by atoms with Crippen LogP contribution in [0.1, 0.15) is 5.56 Å². The smallest absolute Gasteiger partial charge is 0.310 e. The van der Waals surface area contributed by atoms with Crippen LogP contribution in [0.2, 0.25) is 0 Å². The van der Waals surface area contributed by atoms with E-state index in [0.29, 0.717) is 5.69 Å². The van der Waals surface area contributed by atoms with E-state index in [1.54, 1.807) is 18.2 Å². The second kappa shape index (κ2) is 9.71. The van der Waals surface area contributed by atoms with Gasteiger partial charge in [-0.05, 0) is 35.9 Å². The van der Waals surface area contributed by atoms with Gasteiger partial charge in [0.15, 0.2) is 6.61 Å².